The number of benzene rings is 2. The minimum Gasteiger partial charge on any atom is -0.507 e. The van der Waals surface area contributed by atoms with E-state index in [9.17, 15) is 15.0 Å². The van der Waals surface area contributed by atoms with Gasteiger partial charge in [0.25, 0.3) is 0 Å². The second-order valence-corrected chi connectivity index (χ2v) is 6.23. The van der Waals surface area contributed by atoms with Crippen molar-refractivity contribution in [3.8, 4) is 17.2 Å². The predicted molar refractivity (Wildman–Crippen MR) is 91.7 cm³/mol. The summed E-state index contributed by atoms with van der Waals surface area (Å²) in [5.74, 6) is -0.193. The number of fused-ring (bicyclic) bond motifs is 1. The highest BCUT2D eigenvalue weighted by molar-refractivity contribution is 6.03. The lowest BCUT2D eigenvalue weighted by Crippen LogP contribution is -2.20. The second kappa shape index (κ2) is 6.40. The number of rotatable bonds is 3. The molecule has 0 bridgehead atoms. The van der Waals surface area contributed by atoms with Gasteiger partial charge < -0.3 is 14.9 Å². The quantitative estimate of drug-likeness (QED) is 0.826. The minimum absolute atomic E-state index is 0.0646. The van der Waals surface area contributed by atoms with Crippen LogP contribution in [0.25, 0.3) is 0 Å². The first-order valence-electron chi connectivity index (χ1n) is 7.93. The summed E-state index contributed by atoms with van der Waals surface area (Å²) >= 11 is 0. The molecule has 1 aliphatic heterocycles. The van der Waals surface area contributed by atoms with Crippen molar-refractivity contribution in [1.29, 1.82) is 0 Å². The summed E-state index contributed by atoms with van der Waals surface area (Å²) < 4.78 is 5.87. The maximum absolute atomic E-state index is 12.6. The maximum Gasteiger partial charge on any atom is 0.174 e. The van der Waals surface area contributed by atoms with E-state index in [4.69, 9.17) is 4.74 Å². The molecule has 2 aromatic carbocycles. The van der Waals surface area contributed by atoms with Crippen LogP contribution in [-0.4, -0.2) is 16.0 Å². The monoisotopic (exact) mass is 324 g/mol. The Morgan fingerprint density at radius 3 is 2.62 bits per heavy atom. The molecular formula is C20H20O4. The molecule has 0 spiro atoms. The summed E-state index contributed by atoms with van der Waals surface area (Å²) in [7, 11) is 0. The molecule has 1 atom stereocenters. The van der Waals surface area contributed by atoms with Crippen LogP contribution in [0.15, 0.2) is 48.0 Å². The molecule has 0 saturated heterocycles. The summed E-state index contributed by atoms with van der Waals surface area (Å²) in [6.07, 6.45) is 2.01. The highest BCUT2D eigenvalue weighted by Gasteiger charge is 2.32. The maximum atomic E-state index is 12.6. The Hall–Kier alpha value is -2.75. The number of ether oxygens (including phenoxy) is 1. The molecule has 1 heterocycles. The zero-order valence-electron chi connectivity index (χ0n) is 13.7. The fraction of sp³-hybridized carbons (Fsp3) is 0.250. The molecule has 0 fully saturated rings. The standard InChI is InChI=1S/C20H20O4/c1-12(2)8-9-14-15(21)10-18-19(20(14)23)16(22)11-17(24-18)13-6-4-3-5-7-13/h3-8,10,17,21,23H,9,11H2,1-2H3/t17-/m0/s1. The lowest BCUT2D eigenvalue weighted by atomic mass is 9.93. The van der Waals surface area contributed by atoms with Crippen LogP contribution in [0.4, 0.5) is 0 Å². The van der Waals surface area contributed by atoms with Gasteiger partial charge in [0, 0.05) is 11.6 Å². The topological polar surface area (TPSA) is 66.8 Å². The van der Waals surface area contributed by atoms with E-state index in [0.717, 1.165) is 11.1 Å². The molecular weight excluding hydrogens is 304 g/mol. The van der Waals surface area contributed by atoms with Crippen LogP contribution < -0.4 is 4.74 Å². The number of aromatic hydroxyl groups is 2. The molecule has 0 unspecified atom stereocenters. The first kappa shape index (κ1) is 16.1. The van der Waals surface area contributed by atoms with Gasteiger partial charge in [-0.3, -0.25) is 4.79 Å². The third-order valence-corrected chi connectivity index (χ3v) is 4.15. The molecule has 0 amide bonds. The van der Waals surface area contributed by atoms with E-state index in [0.29, 0.717) is 12.0 Å². The first-order chi connectivity index (χ1) is 11.5. The molecule has 4 nitrogen and oxygen atoms in total. The second-order valence-electron chi connectivity index (χ2n) is 6.23. The van der Waals surface area contributed by atoms with E-state index in [2.05, 4.69) is 0 Å². The van der Waals surface area contributed by atoms with Crippen LogP contribution in [-0.2, 0) is 6.42 Å². The molecule has 0 aliphatic carbocycles. The lowest BCUT2D eigenvalue weighted by Gasteiger charge is -2.27. The first-order valence-corrected chi connectivity index (χ1v) is 7.93. The predicted octanol–water partition coefficient (Wildman–Crippen LogP) is 4.31. The van der Waals surface area contributed by atoms with Gasteiger partial charge in [0.05, 0.1) is 6.42 Å². The van der Waals surface area contributed by atoms with Crippen molar-refractivity contribution >= 4 is 5.78 Å². The number of phenols is 2. The third kappa shape index (κ3) is 3.00. The van der Waals surface area contributed by atoms with Crippen molar-refractivity contribution < 1.29 is 19.7 Å². The summed E-state index contributed by atoms with van der Waals surface area (Å²) in [5.41, 5.74) is 2.48. The zero-order chi connectivity index (χ0) is 17.3. The largest absolute Gasteiger partial charge is 0.507 e. The van der Waals surface area contributed by atoms with Crippen molar-refractivity contribution in [2.24, 2.45) is 0 Å². The van der Waals surface area contributed by atoms with Gasteiger partial charge in [0.2, 0.25) is 0 Å². The summed E-state index contributed by atoms with van der Waals surface area (Å²) in [6, 6.07) is 10.9. The molecule has 0 radical (unpaired) electrons. The van der Waals surface area contributed by atoms with Crippen molar-refractivity contribution in [2.45, 2.75) is 32.8 Å². The lowest BCUT2D eigenvalue weighted by molar-refractivity contribution is 0.0844. The smallest absolute Gasteiger partial charge is 0.174 e. The number of carbonyl (C=O) groups is 1. The van der Waals surface area contributed by atoms with Crippen molar-refractivity contribution in [3.05, 3.63) is 64.7 Å². The Morgan fingerprint density at radius 1 is 1.25 bits per heavy atom. The Kier molecular flexibility index (Phi) is 4.30. The van der Waals surface area contributed by atoms with Gasteiger partial charge in [0.15, 0.2) is 5.78 Å². The number of phenolic OH excluding ortho intramolecular Hbond substituents is 2. The fourth-order valence-corrected chi connectivity index (χ4v) is 2.86. The van der Waals surface area contributed by atoms with Crippen molar-refractivity contribution in [3.63, 3.8) is 0 Å². The number of allylic oxidation sites excluding steroid dienone is 2. The van der Waals surface area contributed by atoms with E-state index in [-0.39, 0.29) is 35.0 Å². The van der Waals surface area contributed by atoms with Crippen LogP contribution in [0.5, 0.6) is 17.2 Å². The Labute approximate surface area is 141 Å². The Morgan fingerprint density at radius 2 is 1.96 bits per heavy atom. The van der Waals surface area contributed by atoms with E-state index in [1.54, 1.807) is 0 Å². The number of hydrogen-bond acceptors (Lipinski definition) is 4. The number of Topliss-reactive ketones (excluding diaryl/α,β-unsaturated/α-hetero) is 1. The Bertz CT molecular complexity index is 802. The molecule has 4 heteroatoms. The molecule has 1 aliphatic rings. The highest BCUT2D eigenvalue weighted by atomic mass is 16.5. The van der Waals surface area contributed by atoms with E-state index < -0.39 is 6.10 Å². The highest BCUT2D eigenvalue weighted by Crippen LogP contribution is 2.44. The molecule has 3 rings (SSSR count). The molecule has 0 saturated carbocycles. The van der Waals surface area contributed by atoms with Crippen molar-refractivity contribution in [2.75, 3.05) is 0 Å². The minimum atomic E-state index is -0.409. The molecule has 24 heavy (non-hydrogen) atoms. The van der Waals surface area contributed by atoms with Gasteiger partial charge in [-0.2, -0.15) is 0 Å². The van der Waals surface area contributed by atoms with Crippen LogP contribution in [0, 0.1) is 0 Å². The van der Waals surface area contributed by atoms with Gasteiger partial charge in [0.1, 0.15) is 28.9 Å². The molecule has 2 N–H and O–H groups in total. The molecule has 2 aromatic rings. The summed E-state index contributed by atoms with van der Waals surface area (Å²) in [6.45, 7) is 3.87. The normalized spacial score (nSPS) is 16.2. The third-order valence-electron chi connectivity index (χ3n) is 4.15. The van der Waals surface area contributed by atoms with Gasteiger partial charge in [-0.1, -0.05) is 42.0 Å². The van der Waals surface area contributed by atoms with Crippen molar-refractivity contribution in [1.82, 2.24) is 0 Å². The van der Waals surface area contributed by atoms with Crippen LogP contribution in [0.1, 0.15) is 47.9 Å². The Balaban J connectivity index is 2.00. The number of ketones is 1. The van der Waals surface area contributed by atoms with E-state index >= 15 is 0 Å². The summed E-state index contributed by atoms with van der Waals surface area (Å²) in [4.78, 5) is 12.6. The van der Waals surface area contributed by atoms with E-state index in [1.807, 2.05) is 50.3 Å². The van der Waals surface area contributed by atoms with Crippen LogP contribution in [0.3, 0.4) is 0 Å². The fourth-order valence-electron chi connectivity index (χ4n) is 2.86. The molecule has 124 valence electrons. The van der Waals surface area contributed by atoms with Gasteiger partial charge in [-0.25, -0.2) is 0 Å². The van der Waals surface area contributed by atoms with Gasteiger partial charge >= 0.3 is 0 Å². The average molecular weight is 324 g/mol. The average Bonchev–Trinajstić information content (AvgIpc) is 2.54. The van der Waals surface area contributed by atoms with Crippen LogP contribution in [0.2, 0.25) is 0 Å². The van der Waals surface area contributed by atoms with Gasteiger partial charge in [-0.05, 0) is 25.8 Å². The summed E-state index contributed by atoms with van der Waals surface area (Å²) in [5, 5.41) is 20.7. The number of carbonyl (C=O) groups excluding carboxylic acids is 1. The SMILES string of the molecule is CC(C)=CCc1c(O)cc2c(c1O)C(=O)C[C@@H](c1ccccc1)O2. The molecule has 0 aromatic heterocycles. The van der Waals surface area contributed by atoms with E-state index in [1.165, 1.54) is 6.07 Å². The zero-order valence-corrected chi connectivity index (χ0v) is 13.7. The van der Waals surface area contributed by atoms with Crippen LogP contribution >= 0.6 is 0 Å². The number of hydrogen-bond donors (Lipinski definition) is 2. The van der Waals surface area contributed by atoms with Gasteiger partial charge in [-0.15, -0.1) is 0 Å².